The maximum absolute atomic E-state index is 11.0. The first-order chi connectivity index (χ1) is 14.6. The zero-order valence-corrected chi connectivity index (χ0v) is 17.9. The Labute approximate surface area is 183 Å². The molecule has 4 rings (SSSR count). The Balaban J connectivity index is 1.88. The number of allylic oxidation sites excluding steroid dienone is 1. The minimum absolute atomic E-state index is 0.0221. The first-order valence-corrected chi connectivity index (χ1v) is 11.4. The predicted octanol–water partition coefficient (Wildman–Crippen LogP) is 4.30. The third-order valence-electron chi connectivity index (χ3n) is 5.19. The molecule has 1 heterocycles. The number of nitrogens with two attached hydrogens (primary N) is 1. The summed E-state index contributed by atoms with van der Waals surface area (Å²) in [6.45, 7) is 0.478. The van der Waals surface area contributed by atoms with Crippen molar-refractivity contribution in [2.75, 3.05) is 0 Å². The van der Waals surface area contributed by atoms with Gasteiger partial charge in [-0.15, -0.1) is 0 Å². The van der Waals surface area contributed by atoms with Crippen molar-refractivity contribution in [1.82, 2.24) is 0 Å². The molecule has 3 aromatic carbocycles. The summed E-state index contributed by atoms with van der Waals surface area (Å²) in [6, 6.07) is 23.4. The number of benzene rings is 3. The molecule has 0 saturated heterocycles. The SMILES string of the molecule is NCc1ccc(C2=C(c3ccc(C[SH](=O)=O)cc3)Oc3ccccc3C2C=S)cc1. The van der Waals surface area contributed by atoms with E-state index >= 15 is 0 Å². The molecule has 0 aromatic heterocycles. The monoisotopic (exact) mass is 435 g/mol. The highest BCUT2D eigenvalue weighted by Gasteiger charge is 2.30. The van der Waals surface area contributed by atoms with E-state index in [0.29, 0.717) is 6.54 Å². The minimum Gasteiger partial charge on any atom is -0.456 e. The number of rotatable bonds is 6. The zero-order chi connectivity index (χ0) is 21.1. The number of hydrogen-bond acceptors (Lipinski definition) is 5. The second-order valence-corrected chi connectivity index (χ2v) is 8.34. The van der Waals surface area contributed by atoms with Gasteiger partial charge in [0.15, 0.2) is 0 Å². The van der Waals surface area contributed by atoms with Gasteiger partial charge in [-0.2, -0.15) is 0 Å². The van der Waals surface area contributed by atoms with E-state index in [9.17, 15) is 8.42 Å². The van der Waals surface area contributed by atoms with Gasteiger partial charge < -0.3 is 10.5 Å². The Morgan fingerprint density at radius 2 is 1.53 bits per heavy atom. The zero-order valence-electron chi connectivity index (χ0n) is 16.2. The molecule has 0 amide bonds. The van der Waals surface area contributed by atoms with Gasteiger partial charge in [0.25, 0.3) is 0 Å². The first-order valence-electron chi connectivity index (χ1n) is 9.57. The molecule has 0 aliphatic carbocycles. The van der Waals surface area contributed by atoms with Crippen molar-refractivity contribution < 1.29 is 13.2 Å². The van der Waals surface area contributed by atoms with E-state index in [1.807, 2.05) is 72.8 Å². The summed E-state index contributed by atoms with van der Waals surface area (Å²) in [5.41, 5.74) is 11.4. The van der Waals surface area contributed by atoms with Crippen LogP contribution in [0.4, 0.5) is 0 Å². The van der Waals surface area contributed by atoms with E-state index in [2.05, 4.69) is 0 Å². The third kappa shape index (κ3) is 4.07. The summed E-state index contributed by atoms with van der Waals surface area (Å²) in [6.07, 6.45) is 0. The predicted molar refractivity (Wildman–Crippen MR) is 125 cm³/mol. The average molecular weight is 436 g/mol. The molecule has 0 radical (unpaired) electrons. The van der Waals surface area contributed by atoms with E-state index in [0.717, 1.165) is 44.9 Å². The van der Waals surface area contributed by atoms with Gasteiger partial charge in [-0.25, -0.2) is 8.42 Å². The summed E-state index contributed by atoms with van der Waals surface area (Å²) >= 11 is 5.44. The van der Waals surface area contributed by atoms with Gasteiger partial charge in [0.05, 0.1) is 5.75 Å². The maximum Gasteiger partial charge on any atom is 0.144 e. The summed E-state index contributed by atoms with van der Waals surface area (Å²) < 4.78 is 28.4. The minimum atomic E-state index is -2.47. The van der Waals surface area contributed by atoms with Crippen LogP contribution < -0.4 is 10.5 Å². The van der Waals surface area contributed by atoms with E-state index in [-0.39, 0.29) is 11.7 Å². The lowest BCUT2D eigenvalue weighted by atomic mass is 9.83. The fourth-order valence-electron chi connectivity index (χ4n) is 3.69. The number of fused-ring (bicyclic) bond motifs is 1. The summed E-state index contributed by atoms with van der Waals surface area (Å²) in [5, 5.41) is 1.77. The lowest BCUT2D eigenvalue weighted by molar-refractivity contribution is 0.500. The Morgan fingerprint density at radius 1 is 0.900 bits per heavy atom. The topological polar surface area (TPSA) is 69.4 Å². The number of thiocarbonyl (C=S) groups is 1. The number of thiol groups is 1. The van der Waals surface area contributed by atoms with E-state index < -0.39 is 10.7 Å². The lowest BCUT2D eigenvalue weighted by Gasteiger charge is -2.29. The van der Waals surface area contributed by atoms with Crippen molar-refractivity contribution in [1.29, 1.82) is 0 Å². The normalized spacial score (nSPS) is 15.6. The third-order valence-corrected chi connectivity index (χ3v) is 6.08. The molecule has 0 saturated carbocycles. The van der Waals surface area contributed by atoms with E-state index in [1.165, 1.54) is 0 Å². The molecular formula is C24H21NO3S2. The van der Waals surface area contributed by atoms with Crippen LogP contribution in [-0.2, 0) is 23.0 Å². The van der Waals surface area contributed by atoms with Gasteiger partial charge in [-0.1, -0.05) is 78.9 Å². The van der Waals surface area contributed by atoms with Crippen molar-refractivity contribution >= 4 is 39.6 Å². The van der Waals surface area contributed by atoms with E-state index in [1.54, 1.807) is 5.37 Å². The van der Waals surface area contributed by atoms with Gasteiger partial charge in [-0.05, 0) is 28.1 Å². The fraction of sp³-hybridized carbons (Fsp3) is 0.125. The quantitative estimate of drug-likeness (QED) is 0.446. The van der Waals surface area contributed by atoms with Crippen molar-refractivity contribution in [3.8, 4) is 5.75 Å². The molecule has 0 bridgehead atoms. The van der Waals surface area contributed by atoms with Crippen LogP contribution in [-0.4, -0.2) is 13.8 Å². The van der Waals surface area contributed by atoms with Gasteiger partial charge in [0.1, 0.15) is 22.2 Å². The fourth-order valence-corrected chi connectivity index (χ4v) is 4.48. The van der Waals surface area contributed by atoms with Crippen LogP contribution in [0.5, 0.6) is 5.75 Å². The Hall–Kier alpha value is -2.80. The Kier molecular flexibility index (Phi) is 6.08. The highest BCUT2D eigenvalue weighted by Crippen LogP contribution is 2.46. The molecule has 1 aliphatic rings. The van der Waals surface area contributed by atoms with Gasteiger partial charge in [0.2, 0.25) is 0 Å². The van der Waals surface area contributed by atoms with Crippen LogP contribution in [0.1, 0.15) is 33.7 Å². The molecule has 0 fully saturated rings. The first kappa shape index (κ1) is 20.5. The second-order valence-electron chi connectivity index (χ2n) is 7.09. The van der Waals surface area contributed by atoms with Gasteiger partial charge in [0, 0.05) is 29.2 Å². The molecule has 2 N–H and O–H groups in total. The Morgan fingerprint density at radius 3 is 2.17 bits per heavy atom. The van der Waals surface area contributed by atoms with Gasteiger partial charge in [-0.3, -0.25) is 0 Å². The maximum atomic E-state index is 11.0. The summed E-state index contributed by atoms with van der Waals surface area (Å²) in [5.74, 6) is 1.40. The van der Waals surface area contributed by atoms with E-state index in [4.69, 9.17) is 22.7 Å². The highest BCUT2D eigenvalue weighted by atomic mass is 32.2. The molecule has 1 unspecified atom stereocenters. The Bertz CT molecular complexity index is 1170. The average Bonchev–Trinajstić information content (AvgIpc) is 2.78. The molecule has 1 aliphatic heterocycles. The standard InChI is InChI=1S/C24H21NO3S2/c25-13-16-5-9-18(10-6-16)23-21(14-29)20-3-1-2-4-22(20)28-24(23)19-11-7-17(8-12-19)15-30(26)27/h1-12,14,21,30H,13,15,25H2. The molecule has 0 spiro atoms. The smallest absolute Gasteiger partial charge is 0.144 e. The molecule has 4 nitrogen and oxygen atoms in total. The van der Waals surface area contributed by atoms with Crippen LogP contribution in [0.15, 0.2) is 72.8 Å². The molecule has 30 heavy (non-hydrogen) atoms. The van der Waals surface area contributed by atoms with Crippen molar-refractivity contribution in [3.63, 3.8) is 0 Å². The molecule has 3 aromatic rings. The summed E-state index contributed by atoms with van der Waals surface area (Å²) in [4.78, 5) is 0. The molecule has 1 atom stereocenters. The summed E-state index contributed by atoms with van der Waals surface area (Å²) in [7, 11) is -2.47. The van der Waals surface area contributed by atoms with Crippen LogP contribution in [0.25, 0.3) is 11.3 Å². The second kappa shape index (κ2) is 8.92. The number of hydrogen-bond donors (Lipinski definition) is 2. The molecule has 152 valence electrons. The van der Waals surface area contributed by atoms with Gasteiger partial charge >= 0.3 is 0 Å². The lowest BCUT2D eigenvalue weighted by Crippen LogP contribution is -2.15. The van der Waals surface area contributed by atoms with Crippen LogP contribution >= 0.6 is 12.2 Å². The highest BCUT2D eigenvalue weighted by molar-refractivity contribution is 7.79. The number of para-hydroxylation sites is 1. The van der Waals surface area contributed by atoms with Crippen LogP contribution in [0.3, 0.4) is 0 Å². The largest absolute Gasteiger partial charge is 0.456 e. The van der Waals surface area contributed by atoms with Crippen molar-refractivity contribution in [2.45, 2.75) is 18.2 Å². The van der Waals surface area contributed by atoms with Crippen molar-refractivity contribution in [2.24, 2.45) is 5.73 Å². The van der Waals surface area contributed by atoms with Crippen LogP contribution in [0, 0.1) is 0 Å². The van der Waals surface area contributed by atoms with Crippen LogP contribution in [0.2, 0.25) is 0 Å². The number of ether oxygens (including phenoxy) is 1. The molecular weight excluding hydrogens is 414 g/mol. The van der Waals surface area contributed by atoms with Crippen molar-refractivity contribution in [3.05, 3.63) is 101 Å². The molecule has 6 heteroatoms.